The van der Waals surface area contributed by atoms with Crippen molar-refractivity contribution >= 4 is 28.7 Å². The van der Waals surface area contributed by atoms with E-state index in [0.29, 0.717) is 48.8 Å². The molecule has 192 valence electrons. The first-order chi connectivity index (χ1) is 17.7. The number of aryl methyl sites for hydroxylation is 1. The number of imidazole rings is 1. The molecule has 4 aromatic rings. The summed E-state index contributed by atoms with van der Waals surface area (Å²) in [6, 6.07) is 6.75. The third-order valence-electron chi connectivity index (χ3n) is 6.47. The maximum Gasteiger partial charge on any atom is 0.233 e. The normalized spacial score (nSPS) is 13.7. The average molecular weight is 507 g/mol. The molecule has 0 spiro atoms. The second-order valence-corrected chi connectivity index (χ2v) is 9.40. The topological polar surface area (TPSA) is 101 Å². The van der Waals surface area contributed by atoms with Crippen LogP contribution in [0.15, 0.2) is 30.5 Å². The summed E-state index contributed by atoms with van der Waals surface area (Å²) >= 11 is 0. The Balaban J connectivity index is 1.42. The number of nitrogens with one attached hydrogen (secondary N) is 2. The number of halogens is 2. The molecule has 5 rings (SSSR count). The average Bonchev–Trinajstić information content (AvgIpc) is 3.21. The molecule has 1 aromatic carbocycles. The lowest BCUT2D eigenvalue weighted by Gasteiger charge is -2.27. The van der Waals surface area contributed by atoms with E-state index in [9.17, 15) is 13.6 Å². The Morgan fingerprint density at radius 1 is 1.14 bits per heavy atom. The van der Waals surface area contributed by atoms with E-state index in [1.165, 1.54) is 6.07 Å². The van der Waals surface area contributed by atoms with Crippen molar-refractivity contribution in [3.8, 4) is 11.3 Å². The molecule has 9 nitrogen and oxygen atoms in total. The van der Waals surface area contributed by atoms with Gasteiger partial charge in [0, 0.05) is 43.9 Å². The van der Waals surface area contributed by atoms with Gasteiger partial charge in [0.05, 0.1) is 18.3 Å². The zero-order chi connectivity index (χ0) is 26.3. The van der Waals surface area contributed by atoms with Gasteiger partial charge in [-0.2, -0.15) is 0 Å². The van der Waals surface area contributed by atoms with Crippen molar-refractivity contribution in [3.63, 3.8) is 0 Å². The lowest BCUT2D eigenvalue weighted by Crippen LogP contribution is -2.39. The van der Waals surface area contributed by atoms with E-state index in [-0.39, 0.29) is 29.1 Å². The number of carbonyl (C=O) groups is 1. The lowest BCUT2D eigenvalue weighted by atomic mass is 10.1. The minimum absolute atomic E-state index is 0.0183. The molecule has 0 saturated heterocycles. The Bertz CT molecular complexity index is 1500. The van der Waals surface area contributed by atoms with E-state index in [0.717, 1.165) is 17.5 Å². The van der Waals surface area contributed by atoms with Crippen LogP contribution >= 0.6 is 0 Å². The molecule has 4 heterocycles. The van der Waals surface area contributed by atoms with Crippen LogP contribution in [-0.2, 0) is 17.8 Å². The highest BCUT2D eigenvalue weighted by molar-refractivity contribution is 5.83. The van der Waals surface area contributed by atoms with E-state index < -0.39 is 11.6 Å². The minimum atomic E-state index is -0.661. The summed E-state index contributed by atoms with van der Waals surface area (Å²) < 4.78 is 31.7. The molecule has 0 saturated carbocycles. The standard InChI is InChI=1S/C26H28F2N8O/c1-14(2)36-15(3)31-25-18(27)9-17(10-21(25)36)24-19(28)11-30-26(34-24)33-22-6-5-16-12-35(13-23(37)29-4)8-7-20(16)32-22/h5-6,9-11,14H,7-8,12-13H2,1-4H3,(H,29,37)(H,30,32,33,34). The quantitative estimate of drug-likeness (QED) is 0.409. The molecule has 3 aromatic heterocycles. The Hall–Kier alpha value is -3.99. The number of hydrogen-bond acceptors (Lipinski definition) is 7. The number of nitrogens with zero attached hydrogens (tertiary/aromatic N) is 6. The molecule has 2 N–H and O–H groups in total. The van der Waals surface area contributed by atoms with Crippen LogP contribution in [0.2, 0.25) is 0 Å². The number of amides is 1. The first-order valence-corrected chi connectivity index (χ1v) is 12.1. The van der Waals surface area contributed by atoms with Crippen molar-refractivity contribution in [2.75, 3.05) is 25.5 Å². The van der Waals surface area contributed by atoms with Crippen LogP contribution in [0.1, 0.15) is 37.0 Å². The minimum Gasteiger partial charge on any atom is -0.358 e. The van der Waals surface area contributed by atoms with Gasteiger partial charge < -0.3 is 15.2 Å². The van der Waals surface area contributed by atoms with Gasteiger partial charge in [-0.05, 0) is 44.5 Å². The smallest absolute Gasteiger partial charge is 0.233 e. The molecule has 0 unspecified atom stereocenters. The van der Waals surface area contributed by atoms with Crippen molar-refractivity contribution < 1.29 is 13.6 Å². The lowest BCUT2D eigenvalue weighted by molar-refractivity contribution is -0.121. The van der Waals surface area contributed by atoms with Gasteiger partial charge >= 0.3 is 0 Å². The fraction of sp³-hybridized carbons (Fsp3) is 0.346. The largest absolute Gasteiger partial charge is 0.358 e. The Morgan fingerprint density at radius 3 is 2.70 bits per heavy atom. The van der Waals surface area contributed by atoms with E-state index in [1.54, 1.807) is 19.2 Å². The first-order valence-electron chi connectivity index (χ1n) is 12.1. The van der Waals surface area contributed by atoms with Crippen LogP contribution in [0.5, 0.6) is 0 Å². The van der Waals surface area contributed by atoms with Gasteiger partial charge in [0.1, 0.15) is 22.9 Å². The van der Waals surface area contributed by atoms with E-state index in [2.05, 4.69) is 35.5 Å². The van der Waals surface area contributed by atoms with E-state index in [1.807, 2.05) is 31.4 Å². The SMILES string of the molecule is CNC(=O)CN1CCc2nc(Nc3ncc(F)c(-c4cc(F)c5nc(C)n(C(C)C)c5c4)n3)ccc2C1. The van der Waals surface area contributed by atoms with Crippen LogP contribution < -0.4 is 10.6 Å². The monoisotopic (exact) mass is 506 g/mol. The van der Waals surface area contributed by atoms with E-state index in [4.69, 9.17) is 0 Å². The van der Waals surface area contributed by atoms with Crippen molar-refractivity contribution in [2.45, 2.75) is 39.8 Å². The second kappa shape index (κ2) is 9.81. The third kappa shape index (κ3) is 4.86. The van der Waals surface area contributed by atoms with Gasteiger partial charge in [0.15, 0.2) is 11.6 Å². The maximum absolute atomic E-state index is 15.0. The van der Waals surface area contributed by atoms with Crippen LogP contribution in [0, 0.1) is 18.6 Å². The molecule has 1 aliphatic rings. The number of anilines is 2. The molecule has 0 bridgehead atoms. The Labute approximate surface area is 213 Å². The summed E-state index contributed by atoms with van der Waals surface area (Å²) in [5, 5.41) is 5.68. The molecule has 0 aliphatic carbocycles. The zero-order valence-corrected chi connectivity index (χ0v) is 21.1. The number of hydrogen-bond donors (Lipinski definition) is 2. The number of likely N-dealkylation sites (N-methyl/N-ethyl adjacent to an activating group) is 1. The number of benzene rings is 1. The molecule has 0 atom stereocenters. The van der Waals surface area contributed by atoms with Crippen LogP contribution in [0.3, 0.4) is 0 Å². The molecule has 1 amide bonds. The summed E-state index contributed by atoms with van der Waals surface area (Å²) in [5.41, 5.74) is 3.07. The highest BCUT2D eigenvalue weighted by Gasteiger charge is 2.21. The number of carbonyl (C=O) groups excluding carboxylic acids is 1. The van der Waals surface area contributed by atoms with Crippen molar-refractivity contribution in [1.29, 1.82) is 0 Å². The molecule has 11 heteroatoms. The van der Waals surface area contributed by atoms with Crippen molar-refractivity contribution in [2.24, 2.45) is 0 Å². The predicted octanol–water partition coefficient (Wildman–Crippen LogP) is 3.90. The Kier molecular flexibility index (Phi) is 6.55. The van der Waals surface area contributed by atoms with Gasteiger partial charge in [-0.15, -0.1) is 0 Å². The molecular weight excluding hydrogens is 478 g/mol. The summed E-state index contributed by atoms with van der Waals surface area (Å²) in [6.45, 7) is 7.47. The number of aromatic nitrogens is 5. The molecular formula is C26H28F2N8O. The number of fused-ring (bicyclic) bond motifs is 2. The second-order valence-electron chi connectivity index (χ2n) is 9.40. The van der Waals surface area contributed by atoms with Gasteiger partial charge in [-0.1, -0.05) is 6.07 Å². The van der Waals surface area contributed by atoms with Gasteiger partial charge in [-0.25, -0.2) is 28.7 Å². The van der Waals surface area contributed by atoms with E-state index >= 15 is 0 Å². The van der Waals surface area contributed by atoms with Gasteiger partial charge in [0.2, 0.25) is 11.9 Å². The van der Waals surface area contributed by atoms with Crippen LogP contribution in [-0.4, -0.2) is 55.4 Å². The molecule has 1 aliphatic heterocycles. The predicted molar refractivity (Wildman–Crippen MR) is 136 cm³/mol. The first kappa shape index (κ1) is 24.7. The molecule has 0 fully saturated rings. The summed E-state index contributed by atoms with van der Waals surface area (Å²) in [7, 11) is 1.62. The number of rotatable bonds is 6. The summed E-state index contributed by atoms with van der Waals surface area (Å²) in [5.74, 6) is 0.125. The Morgan fingerprint density at radius 2 is 1.95 bits per heavy atom. The zero-order valence-electron chi connectivity index (χ0n) is 21.1. The van der Waals surface area contributed by atoms with Gasteiger partial charge in [0.25, 0.3) is 0 Å². The highest BCUT2D eigenvalue weighted by atomic mass is 19.1. The van der Waals surface area contributed by atoms with Crippen LogP contribution in [0.25, 0.3) is 22.3 Å². The van der Waals surface area contributed by atoms with Crippen LogP contribution in [0.4, 0.5) is 20.5 Å². The number of pyridine rings is 1. The molecule has 0 radical (unpaired) electrons. The van der Waals surface area contributed by atoms with Gasteiger partial charge in [-0.3, -0.25) is 9.69 Å². The fourth-order valence-electron chi connectivity index (χ4n) is 4.76. The third-order valence-corrected chi connectivity index (χ3v) is 6.47. The maximum atomic E-state index is 15.0. The fourth-order valence-corrected chi connectivity index (χ4v) is 4.76. The van der Waals surface area contributed by atoms with Crippen molar-refractivity contribution in [1.82, 2.24) is 34.7 Å². The molecule has 37 heavy (non-hydrogen) atoms. The highest BCUT2D eigenvalue weighted by Crippen LogP contribution is 2.30. The summed E-state index contributed by atoms with van der Waals surface area (Å²) in [4.78, 5) is 31.2. The van der Waals surface area contributed by atoms with Crippen molar-refractivity contribution in [3.05, 3.63) is 59.2 Å². The summed E-state index contributed by atoms with van der Waals surface area (Å²) in [6.07, 6.45) is 1.76.